The summed E-state index contributed by atoms with van der Waals surface area (Å²) in [6.45, 7) is 2.65. The molecule has 0 fully saturated rings. The molecular formula is C12H11ClN2O2S. The number of anilines is 1. The molecule has 6 heteroatoms. The minimum absolute atomic E-state index is 0.0317. The molecule has 2 rings (SSSR count). The van der Waals surface area contributed by atoms with Crippen molar-refractivity contribution in [3.05, 3.63) is 55.2 Å². The Bertz CT molecular complexity index is 583. The van der Waals surface area contributed by atoms with Crippen LogP contribution in [0.1, 0.15) is 9.75 Å². The van der Waals surface area contributed by atoms with E-state index < -0.39 is 4.92 Å². The average molecular weight is 283 g/mol. The highest BCUT2D eigenvalue weighted by Crippen LogP contribution is 2.27. The number of hydrogen-bond donors (Lipinski definition) is 1. The number of nitro benzene ring substituents is 1. The molecule has 94 valence electrons. The van der Waals surface area contributed by atoms with Gasteiger partial charge in [-0.2, -0.15) is 0 Å². The Labute approximate surface area is 113 Å². The van der Waals surface area contributed by atoms with E-state index in [0.29, 0.717) is 17.3 Å². The summed E-state index contributed by atoms with van der Waals surface area (Å²) in [6, 6.07) is 8.43. The minimum Gasteiger partial charge on any atom is -0.379 e. The van der Waals surface area contributed by atoms with Crippen LogP contribution in [0.15, 0.2) is 30.3 Å². The number of nitro groups is 1. The number of aryl methyl sites for hydroxylation is 1. The topological polar surface area (TPSA) is 55.2 Å². The molecule has 0 amide bonds. The summed E-state index contributed by atoms with van der Waals surface area (Å²) in [6.07, 6.45) is 0. The molecule has 0 spiro atoms. The van der Waals surface area contributed by atoms with Gasteiger partial charge in [0.25, 0.3) is 5.69 Å². The van der Waals surface area contributed by atoms with E-state index in [1.165, 1.54) is 23.1 Å². The van der Waals surface area contributed by atoms with Gasteiger partial charge in [0, 0.05) is 28.4 Å². The molecule has 1 aromatic heterocycles. The van der Waals surface area contributed by atoms with Crippen LogP contribution in [0.5, 0.6) is 0 Å². The van der Waals surface area contributed by atoms with Crippen LogP contribution >= 0.6 is 22.9 Å². The number of thiophene rings is 1. The number of rotatable bonds is 4. The summed E-state index contributed by atoms with van der Waals surface area (Å²) in [4.78, 5) is 12.6. The van der Waals surface area contributed by atoms with Gasteiger partial charge in [-0.05, 0) is 25.1 Å². The lowest BCUT2D eigenvalue weighted by Gasteiger charge is -2.06. The van der Waals surface area contributed by atoms with Crippen LogP contribution in [0.2, 0.25) is 5.02 Å². The van der Waals surface area contributed by atoms with Gasteiger partial charge in [0.15, 0.2) is 0 Å². The first kappa shape index (κ1) is 12.9. The maximum absolute atomic E-state index is 10.7. The third-order valence-electron chi connectivity index (χ3n) is 2.41. The highest BCUT2D eigenvalue weighted by atomic mass is 35.5. The molecule has 1 heterocycles. The van der Waals surface area contributed by atoms with E-state index in [1.54, 1.807) is 11.3 Å². The molecule has 0 unspecified atom stereocenters. The first-order valence-corrected chi connectivity index (χ1v) is 6.49. The first-order valence-electron chi connectivity index (χ1n) is 5.29. The molecule has 0 atom stereocenters. The number of halogens is 1. The van der Waals surface area contributed by atoms with Crippen molar-refractivity contribution in [3.63, 3.8) is 0 Å². The summed E-state index contributed by atoms with van der Waals surface area (Å²) < 4.78 is 0. The monoisotopic (exact) mass is 282 g/mol. The molecule has 0 aliphatic carbocycles. The third kappa shape index (κ3) is 3.00. The molecule has 0 saturated carbocycles. The Balaban J connectivity index is 2.13. The maximum Gasteiger partial charge on any atom is 0.271 e. The minimum atomic E-state index is -0.434. The highest BCUT2D eigenvalue weighted by molar-refractivity contribution is 7.11. The fourth-order valence-electron chi connectivity index (χ4n) is 1.52. The smallest absolute Gasteiger partial charge is 0.271 e. The lowest BCUT2D eigenvalue weighted by atomic mass is 10.2. The van der Waals surface area contributed by atoms with Crippen molar-refractivity contribution in [1.29, 1.82) is 0 Å². The van der Waals surface area contributed by atoms with Crippen LogP contribution in [0.25, 0.3) is 0 Å². The van der Waals surface area contributed by atoms with Gasteiger partial charge in [0.05, 0.1) is 15.6 Å². The van der Waals surface area contributed by atoms with Crippen LogP contribution in [-0.4, -0.2) is 4.92 Å². The summed E-state index contributed by atoms with van der Waals surface area (Å²) in [5, 5.41) is 14.3. The van der Waals surface area contributed by atoms with Crippen molar-refractivity contribution in [3.8, 4) is 0 Å². The van der Waals surface area contributed by atoms with Gasteiger partial charge in [-0.3, -0.25) is 10.1 Å². The Morgan fingerprint density at radius 1 is 1.39 bits per heavy atom. The molecular weight excluding hydrogens is 272 g/mol. The van der Waals surface area contributed by atoms with Gasteiger partial charge < -0.3 is 5.32 Å². The second-order valence-corrected chi connectivity index (χ2v) is 5.57. The molecule has 0 saturated heterocycles. The summed E-state index contributed by atoms with van der Waals surface area (Å²) in [5.41, 5.74) is 0.612. The molecule has 0 aliphatic rings. The number of hydrogen-bond acceptors (Lipinski definition) is 4. The van der Waals surface area contributed by atoms with Crippen molar-refractivity contribution >= 4 is 34.3 Å². The molecule has 1 N–H and O–H groups in total. The zero-order valence-electron chi connectivity index (χ0n) is 9.64. The fourth-order valence-corrected chi connectivity index (χ4v) is 2.54. The van der Waals surface area contributed by atoms with Crippen LogP contribution in [-0.2, 0) is 6.54 Å². The number of nitrogens with zero attached hydrogens (tertiary/aromatic N) is 1. The Morgan fingerprint density at radius 3 is 2.78 bits per heavy atom. The predicted octanol–water partition coefficient (Wildman–Crippen LogP) is 4.23. The van der Waals surface area contributed by atoms with E-state index in [4.69, 9.17) is 11.6 Å². The van der Waals surface area contributed by atoms with Gasteiger partial charge in [-0.1, -0.05) is 11.6 Å². The van der Waals surface area contributed by atoms with Crippen molar-refractivity contribution in [1.82, 2.24) is 0 Å². The second kappa shape index (κ2) is 5.37. The van der Waals surface area contributed by atoms with Crippen LogP contribution in [0, 0.1) is 17.0 Å². The zero-order chi connectivity index (χ0) is 13.1. The largest absolute Gasteiger partial charge is 0.379 e. The van der Waals surface area contributed by atoms with E-state index in [0.717, 1.165) is 4.88 Å². The van der Waals surface area contributed by atoms with Crippen LogP contribution in [0.4, 0.5) is 11.4 Å². The Kier molecular flexibility index (Phi) is 3.84. The normalized spacial score (nSPS) is 10.3. The first-order chi connectivity index (χ1) is 8.56. The van der Waals surface area contributed by atoms with Crippen molar-refractivity contribution in [2.75, 3.05) is 5.32 Å². The van der Waals surface area contributed by atoms with Crippen molar-refractivity contribution in [2.24, 2.45) is 0 Å². The lowest BCUT2D eigenvalue weighted by Crippen LogP contribution is -1.99. The van der Waals surface area contributed by atoms with E-state index in [-0.39, 0.29) is 5.69 Å². The van der Waals surface area contributed by atoms with Crippen LogP contribution in [0.3, 0.4) is 0 Å². The molecule has 0 radical (unpaired) electrons. The quantitative estimate of drug-likeness (QED) is 0.674. The molecule has 1 aromatic carbocycles. The summed E-state index contributed by atoms with van der Waals surface area (Å²) in [5.74, 6) is 0. The SMILES string of the molecule is Cc1ccc(CNc2cc([N+](=O)[O-])ccc2Cl)s1. The Morgan fingerprint density at radius 2 is 2.17 bits per heavy atom. The summed E-state index contributed by atoms with van der Waals surface area (Å²) in [7, 11) is 0. The number of non-ortho nitro benzene ring substituents is 1. The highest BCUT2D eigenvalue weighted by Gasteiger charge is 2.09. The second-order valence-electron chi connectivity index (χ2n) is 3.79. The van der Waals surface area contributed by atoms with E-state index in [9.17, 15) is 10.1 Å². The fraction of sp³-hybridized carbons (Fsp3) is 0.167. The van der Waals surface area contributed by atoms with Crippen LogP contribution < -0.4 is 5.32 Å². The maximum atomic E-state index is 10.7. The molecule has 2 aromatic rings. The van der Waals surface area contributed by atoms with Gasteiger partial charge in [-0.15, -0.1) is 11.3 Å². The van der Waals surface area contributed by atoms with Crippen molar-refractivity contribution < 1.29 is 4.92 Å². The zero-order valence-corrected chi connectivity index (χ0v) is 11.2. The van der Waals surface area contributed by atoms with Gasteiger partial charge in [0.2, 0.25) is 0 Å². The average Bonchev–Trinajstić information content (AvgIpc) is 2.74. The van der Waals surface area contributed by atoms with Gasteiger partial charge >= 0.3 is 0 Å². The van der Waals surface area contributed by atoms with E-state index in [2.05, 4.69) is 5.32 Å². The Hall–Kier alpha value is -1.59. The van der Waals surface area contributed by atoms with Gasteiger partial charge in [-0.25, -0.2) is 0 Å². The predicted molar refractivity (Wildman–Crippen MR) is 74.5 cm³/mol. The third-order valence-corrected chi connectivity index (χ3v) is 3.74. The number of benzene rings is 1. The molecule has 0 aliphatic heterocycles. The number of nitrogens with one attached hydrogen (secondary N) is 1. The van der Waals surface area contributed by atoms with Gasteiger partial charge in [0.1, 0.15) is 0 Å². The van der Waals surface area contributed by atoms with E-state index >= 15 is 0 Å². The van der Waals surface area contributed by atoms with E-state index in [1.807, 2.05) is 19.1 Å². The standard InChI is InChI=1S/C12H11ClN2O2S/c1-8-2-4-10(18-8)7-14-12-6-9(15(16)17)3-5-11(12)13/h2-6,14H,7H2,1H3. The summed E-state index contributed by atoms with van der Waals surface area (Å²) >= 11 is 7.67. The van der Waals surface area contributed by atoms with Crippen molar-refractivity contribution in [2.45, 2.75) is 13.5 Å². The molecule has 4 nitrogen and oxygen atoms in total. The molecule has 0 bridgehead atoms. The molecule has 18 heavy (non-hydrogen) atoms. The lowest BCUT2D eigenvalue weighted by molar-refractivity contribution is -0.384.